The molecule has 0 aromatic heterocycles. The predicted octanol–water partition coefficient (Wildman–Crippen LogP) is 2.85. The Morgan fingerprint density at radius 3 is 2.50 bits per heavy atom. The molecule has 1 nitrogen and oxygen atoms in total. The van der Waals surface area contributed by atoms with Crippen molar-refractivity contribution in [3.8, 4) is 0 Å². The third kappa shape index (κ3) is 1.39. The van der Waals surface area contributed by atoms with Gasteiger partial charge in [0.2, 0.25) is 0 Å². The van der Waals surface area contributed by atoms with Crippen LogP contribution in [0.2, 0.25) is 0 Å². The molecule has 4 heteroatoms. The molecule has 0 atom stereocenters. The van der Waals surface area contributed by atoms with Crippen molar-refractivity contribution in [2.75, 3.05) is 0 Å². The highest BCUT2D eigenvalue weighted by Crippen LogP contribution is 2.23. The standard InChI is InChI=1S/C8H5BrF2O/c1-4-7(10)5(3-12)2-6(9)8(4)11/h2-3H,1H3. The van der Waals surface area contributed by atoms with E-state index in [0.29, 0.717) is 6.29 Å². The average Bonchev–Trinajstić information content (AvgIpc) is 2.08. The fraction of sp³-hybridized carbons (Fsp3) is 0.125. The van der Waals surface area contributed by atoms with Crippen molar-refractivity contribution in [1.82, 2.24) is 0 Å². The highest BCUT2D eigenvalue weighted by atomic mass is 79.9. The number of benzene rings is 1. The Balaban J connectivity index is 3.49. The Morgan fingerprint density at radius 2 is 2.00 bits per heavy atom. The average molecular weight is 235 g/mol. The van der Waals surface area contributed by atoms with E-state index in [1.165, 1.54) is 6.92 Å². The van der Waals surface area contributed by atoms with E-state index >= 15 is 0 Å². The highest BCUT2D eigenvalue weighted by molar-refractivity contribution is 9.10. The normalized spacial score (nSPS) is 10.0. The molecule has 0 fully saturated rings. The van der Waals surface area contributed by atoms with E-state index in [2.05, 4.69) is 15.9 Å². The van der Waals surface area contributed by atoms with Gasteiger partial charge in [0.25, 0.3) is 0 Å². The summed E-state index contributed by atoms with van der Waals surface area (Å²) in [6, 6.07) is 1.12. The van der Waals surface area contributed by atoms with Gasteiger partial charge in [0.1, 0.15) is 11.6 Å². The molecule has 1 rings (SSSR count). The molecule has 0 saturated carbocycles. The van der Waals surface area contributed by atoms with Crippen LogP contribution in [0.4, 0.5) is 8.78 Å². The first kappa shape index (κ1) is 9.32. The van der Waals surface area contributed by atoms with Crippen molar-refractivity contribution >= 4 is 22.2 Å². The number of aldehydes is 1. The van der Waals surface area contributed by atoms with Gasteiger partial charge in [-0.1, -0.05) is 0 Å². The lowest BCUT2D eigenvalue weighted by atomic mass is 10.1. The Hall–Kier alpha value is -0.770. The van der Waals surface area contributed by atoms with Gasteiger partial charge in [-0.2, -0.15) is 0 Å². The summed E-state index contributed by atoms with van der Waals surface area (Å²) < 4.78 is 26.0. The van der Waals surface area contributed by atoms with Crippen LogP contribution in [0.25, 0.3) is 0 Å². The van der Waals surface area contributed by atoms with E-state index in [9.17, 15) is 13.6 Å². The van der Waals surface area contributed by atoms with Gasteiger partial charge in [0.15, 0.2) is 6.29 Å². The number of hydrogen-bond donors (Lipinski definition) is 0. The maximum absolute atomic E-state index is 13.0. The van der Waals surface area contributed by atoms with Gasteiger partial charge < -0.3 is 0 Å². The van der Waals surface area contributed by atoms with E-state index in [0.717, 1.165) is 6.07 Å². The SMILES string of the molecule is Cc1c(F)c(Br)cc(C=O)c1F. The second kappa shape index (κ2) is 3.31. The molecule has 0 saturated heterocycles. The third-order valence-electron chi connectivity index (χ3n) is 1.53. The molecule has 0 unspecified atom stereocenters. The molecule has 0 radical (unpaired) electrons. The summed E-state index contributed by atoms with van der Waals surface area (Å²) in [7, 11) is 0. The predicted molar refractivity (Wildman–Crippen MR) is 44.2 cm³/mol. The summed E-state index contributed by atoms with van der Waals surface area (Å²) in [6.45, 7) is 1.28. The van der Waals surface area contributed by atoms with Crippen LogP contribution in [0.15, 0.2) is 10.5 Å². The smallest absolute Gasteiger partial charge is 0.153 e. The molecule has 0 aliphatic carbocycles. The molecule has 0 N–H and O–H groups in total. The first-order chi connectivity index (χ1) is 5.57. The van der Waals surface area contributed by atoms with Gasteiger partial charge in [-0.25, -0.2) is 8.78 Å². The van der Waals surface area contributed by atoms with E-state index in [1.54, 1.807) is 0 Å². The topological polar surface area (TPSA) is 17.1 Å². The molecule has 64 valence electrons. The second-order valence-corrected chi connectivity index (χ2v) is 3.17. The minimum Gasteiger partial charge on any atom is -0.298 e. The van der Waals surface area contributed by atoms with Gasteiger partial charge in [-0.15, -0.1) is 0 Å². The first-order valence-electron chi connectivity index (χ1n) is 3.17. The molecule has 0 amide bonds. The van der Waals surface area contributed by atoms with Gasteiger partial charge in [-0.05, 0) is 28.9 Å². The van der Waals surface area contributed by atoms with Gasteiger partial charge in [0.05, 0.1) is 10.0 Å². The number of halogens is 3. The summed E-state index contributed by atoms with van der Waals surface area (Å²) >= 11 is 2.87. The van der Waals surface area contributed by atoms with Crippen molar-refractivity contribution in [3.63, 3.8) is 0 Å². The highest BCUT2D eigenvalue weighted by Gasteiger charge is 2.12. The van der Waals surface area contributed by atoms with E-state index in [-0.39, 0.29) is 15.6 Å². The Kier molecular flexibility index (Phi) is 2.57. The zero-order valence-corrected chi connectivity index (χ0v) is 7.78. The molecule has 0 aliphatic heterocycles. The largest absolute Gasteiger partial charge is 0.298 e. The van der Waals surface area contributed by atoms with Crippen LogP contribution in [0.1, 0.15) is 15.9 Å². The quantitative estimate of drug-likeness (QED) is 0.540. The maximum Gasteiger partial charge on any atom is 0.153 e. The fourth-order valence-corrected chi connectivity index (χ4v) is 1.38. The van der Waals surface area contributed by atoms with Crippen molar-refractivity contribution in [3.05, 3.63) is 33.3 Å². The van der Waals surface area contributed by atoms with Crippen LogP contribution >= 0.6 is 15.9 Å². The zero-order chi connectivity index (χ0) is 9.30. The lowest BCUT2D eigenvalue weighted by molar-refractivity contribution is 0.111. The Labute approximate surface area is 76.5 Å². The fourth-order valence-electron chi connectivity index (χ4n) is 0.841. The maximum atomic E-state index is 13.0. The van der Waals surface area contributed by atoms with Crippen LogP contribution in [0.5, 0.6) is 0 Å². The summed E-state index contributed by atoms with van der Waals surface area (Å²) in [5, 5.41) is 0. The van der Waals surface area contributed by atoms with Crippen molar-refractivity contribution in [2.45, 2.75) is 6.92 Å². The lowest BCUT2D eigenvalue weighted by Gasteiger charge is -2.02. The van der Waals surface area contributed by atoms with Crippen LogP contribution in [0, 0.1) is 18.6 Å². The van der Waals surface area contributed by atoms with Gasteiger partial charge >= 0.3 is 0 Å². The Morgan fingerprint density at radius 1 is 1.42 bits per heavy atom. The van der Waals surface area contributed by atoms with Crippen molar-refractivity contribution in [1.29, 1.82) is 0 Å². The van der Waals surface area contributed by atoms with Crippen LogP contribution in [-0.2, 0) is 0 Å². The number of carbonyl (C=O) groups is 1. The number of hydrogen-bond acceptors (Lipinski definition) is 1. The minimum atomic E-state index is -0.800. The van der Waals surface area contributed by atoms with Crippen molar-refractivity contribution in [2.24, 2.45) is 0 Å². The lowest BCUT2D eigenvalue weighted by Crippen LogP contribution is -1.96. The molecule has 1 aromatic carbocycles. The van der Waals surface area contributed by atoms with Crippen LogP contribution in [0.3, 0.4) is 0 Å². The minimum absolute atomic E-state index is 0.100. The third-order valence-corrected chi connectivity index (χ3v) is 2.11. The first-order valence-corrected chi connectivity index (χ1v) is 3.96. The molecule has 1 aromatic rings. The Bertz CT molecular complexity index is 336. The summed E-state index contributed by atoms with van der Waals surface area (Å²) in [5.41, 5.74) is -0.285. The summed E-state index contributed by atoms with van der Waals surface area (Å²) in [5.74, 6) is -1.47. The van der Waals surface area contributed by atoms with Gasteiger partial charge in [0, 0.05) is 5.56 Å². The zero-order valence-electron chi connectivity index (χ0n) is 6.20. The number of rotatable bonds is 1. The molecule has 12 heavy (non-hydrogen) atoms. The molecular weight excluding hydrogens is 230 g/mol. The van der Waals surface area contributed by atoms with E-state index < -0.39 is 11.6 Å². The van der Waals surface area contributed by atoms with E-state index in [1.807, 2.05) is 0 Å². The molecule has 0 bridgehead atoms. The van der Waals surface area contributed by atoms with Crippen LogP contribution < -0.4 is 0 Å². The molecular formula is C8H5BrF2O. The molecule has 0 aliphatic rings. The monoisotopic (exact) mass is 234 g/mol. The van der Waals surface area contributed by atoms with E-state index in [4.69, 9.17) is 0 Å². The summed E-state index contributed by atoms with van der Waals surface area (Å²) in [6.07, 6.45) is 0.354. The second-order valence-electron chi connectivity index (χ2n) is 2.32. The van der Waals surface area contributed by atoms with Crippen LogP contribution in [-0.4, -0.2) is 6.29 Å². The molecule has 0 spiro atoms. The molecule has 0 heterocycles. The van der Waals surface area contributed by atoms with Gasteiger partial charge in [-0.3, -0.25) is 4.79 Å². The summed E-state index contributed by atoms with van der Waals surface area (Å²) in [4.78, 5) is 10.3. The van der Waals surface area contributed by atoms with Crippen molar-refractivity contribution < 1.29 is 13.6 Å². The number of carbonyl (C=O) groups excluding carboxylic acids is 1.